The molecule has 1 heterocycles. The molecule has 6 heteroatoms. The second-order valence-corrected chi connectivity index (χ2v) is 7.75. The predicted molar refractivity (Wildman–Crippen MR) is 106 cm³/mol. The summed E-state index contributed by atoms with van der Waals surface area (Å²) in [5.74, 6) is 0.829. The number of aryl methyl sites for hydroxylation is 3. The third-order valence-corrected chi connectivity index (χ3v) is 5.57. The molecule has 0 spiro atoms. The quantitative estimate of drug-likeness (QED) is 0.462. The van der Waals surface area contributed by atoms with Crippen molar-refractivity contribution in [1.82, 2.24) is 15.6 Å². The Balaban J connectivity index is 2.05. The van der Waals surface area contributed by atoms with Crippen LogP contribution in [-0.2, 0) is 13.1 Å². The Hall–Kier alpha value is -1.53. The second-order valence-electron chi connectivity index (χ2n) is 5.61. The minimum absolute atomic E-state index is 0.668. The number of benzene rings is 1. The highest BCUT2D eigenvalue weighted by Crippen LogP contribution is 2.22. The first kappa shape index (κ1) is 18.8. The summed E-state index contributed by atoms with van der Waals surface area (Å²) in [5, 5.41) is 7.77. The van der Waals surface area contributed by atoms with E-state index in [0.717, 1.165) is 23.2 Å². The van der Waals surface area contributed by atoms with Crippen LogP contribution in [-0.4, -0.2) is 23.7 Å². The Morgan fingerprint density at radius 2 is 2.04 bits per heavy atom. The number of aliphatic imine (C=N–C) groups is 1. The van der Waals surface area contributed by atoms with E-state index in [-0.39, 0.29) is 0 Å². The first-order chi connectivity index (χ1) is 11.5. The van der Waals surface area contributed by atoms with Crippen LogP contribution in [0.1, 0.15) is 33.6 Å². The molecule has 0 saturated carbocycles. The standard InChI is InChI=1S/C18H26N4S2/c1-6-19-18(21-11-17-22-13(3)14(4)24-17)20-10-15-8-7-12(2)9-16(15)23-5/h7-9H,6,10-11H2,1-5H3,(H2,19,20,21). The average molecular weight is 363 g/mol. The second kappa shape index (κ2) is 9.08. The smallest absolute Gasteiger partial charge is 0.191 e. The van der Waals surface area contributed by atoms with Gasteiger partial charge in [-0.15, -0.1) is 23.1 Å². The van der Waals surface area contributed by atoms with Gasteiger partial charge in [-0.1, -0.05) is 12.1 Å². The molecule has 0 amide bonds. The van der Waals surface area contributed by atoms with Gasteiger partial charge in [0, 0.05) is 16.3 Å². The zero-order chi connectivity index (χ0) is 17.5. The fraction of sp³-hybridized carbons (Fsp3) is 0.444. The highest BCUT2D eigenvalue weighted by Gasteiger charge is 2.06. The number of nitrogens with one attached hydrogen (secondary N) is 2. The normalized spacial score (nSPS) is 11.6. The van der Waals surface area contributed by atoms with Crippen LogP contribution < -0.4 is 10.6 Å². The molecular formula is C18H26N4S2. The zero-order valence-corrected chi connectivity index (χ0v) is 16.7. The van der Waals surface area contributed by atoms with Crippen LogP contribution in [0, 0.1) is 20.8 Å². The summed E-state index contributed by atoms with van der Waals surface area (Å²) in [7, 11) is 0. The van der Waals surface area contributed by atoms with Gasteiger partial charge in [-0.2, -0.15) is 0 Å². The number of thiazole rings is 1. The maximum atomic E-state index is 4.72. The van der Waals surface area contributed by atoms with Gasteiger partial charge >= 0.3 is 0 Å². The van der Waals surface area contributed by atoms with E-state index in [1.54, 1.807) is 23.1 Å². The van der Waals surface area contributed by atoms with Crippen LogP contribution >= 0.6 is 23.1 Å². The van der Waals surface area contributed by atoms with Crippen molar-refractivity contribution in [2.45, 2.75) is 45.7 Å². The zero-order valence-electron chi connectivity index (χ0n) is 15.1. The van der Waals surface area contributed by atoms with Crippen LogP contribution in [0.5, 0.6) is 0 Å². The number of aromatic nitrogens is 1. The molecule has 0 aliphatic heterocycles. The van der Waals surface area contributed by atoms with E-state index in [9.17, 15) is 0 Å². The Bertz CT molecular complexity index is 688. The minimum Gasteiger partial charge on any atom is -0.357 e. The molecule has 0 saturated heterocycles. The molecule has 1 aromatic carbocycles. The van der Waals surface area contributed by atoms with Crippen molar-refractivity contribution in [3.05, 3.63) is 44.9 Å². The first-order valence-electron chi connectivity index (χ1n) is 8.12. The lowest BCUT2D eigenvalue weighted by Crippen LogP contribution is -2.36. The lowest BCUT2D eigenvalue weighted by molar-refractivity contribution is 0.808. The van der Waals surface area contributed by atoms with Crippen molar-refractivity contribution in [2.24, 2.45) is 4.99 Å². The number of hydrogen-bond acceptors (Lipinski definition) is 4. The van der Waals surface area contributed by atoms with E-state index in [2.05, 4.69) is 67.8 Å². The van der Waals surface area contributed by atoms with E-state index in [1.165, 1.54) is 20.9 Å². The summed E-state index contributed by atoms with van der Waals surface area (Å²) in [4.78, 5) is 11.9. The van der Waals surface area contributed by atoms with Gasteiger partial charge < -0.3 is 10.6 Å². The average Bonchev–Trinajstić information content (AvgIpc) is 2.89. The molecule has 130 valence electrons. The van der Waals surface area contributed by atoms with Gasteiger partial charge in [0.05, 0.1) is 18.8 Å². The number of hydrogen-bond donors (Lipinski definition) is 2. The van der Waals surface area contributed by atoms with E-state index < -0.39 is 0 Å². The molecule has 4 nitrogen and oxygen atoms in total. The van der Waals surface area contributed by atoms with Crippen molar-refractivity contribution in [2.75, 3.05) is 12.8 Å². The fourth-order valence-corrected chi connectivity index (χ4v) is 3.83. The Morgan fingerprint density at radius 3 is 2.67 bits per heavy atom. The molecule has 2 rings (SSSR count). The SMILES string of the molecule is CCNC(=NCc1ccc(C)cc1SC)NCc1nc(C)c(C)s1. The van der Waals surface area contributed by atoms with Gasteiger partial charge in [0.25, 0.3) is 0 Å². The Labute approximate surface area is 153 Å². The lowest BCUT2D eigenvalue weighted by Gasteiger charge is -2.11. The van der Waals surface area contributed by atoms with Gasteiger partial charge in [-0.25, -0.2) is 9.98 Å². The highest BCUT2D eigenvalue weighted by molar-refractivity contribution is 7.98. The molecule has 0 unspecified atom stereocenters. The highest BCUT2D eigenvalue weighted by atomic mass is 32.2. The largest absolute Gasteiger partial charge is 0.357 e. The summed E-state index contributed by atoms with van der Waals surface area (Å²) in [6.45, 7) is 10.6. The van der Waals surface area contributed by atoms with Crippen molar-refractivity contribution < 1.29 is 0 Å². The number of rotatable bonds is 6. The summed E-state index contributed by atoms with van der Waals surface area (Å²) < 4.78 is 0. The summed E-state index contributed by atoms with van der Waals surface area (Å²) in [6, 6.07) is 6.53. The van der Waals surface area contributed by atoms with Gasteiger partial charge in [0.15, 0.2) is 5.96 Å². The number of thioether (sulfide) groups is 1. The molecule has 24 heavy (non-hydrogen) atoms. The molecular weight excluding hydrogens is 336 g/mol. The van der Waals surface area contributed by atoms with Gasteiger partial charge in [0.2, 0.25) is 0 Å². The van der Waals surface area contributed by atoms with Crippen molar-refractivity contribution >= 4 is 29.1 Å². The maximum Gasteiger partial charge on any atom is 0.191 e. The maximum absolute atomic E-state index is 4.72. The van der Waals surface area contributed by atoms with Crippen LogP contribution in [0.4, 0.5) is 0 Å². The lowest BCUT2D eigenvalue weighted by atomic mass is 10.1. The van der Waals surface area contributed by atoms with Crippen LogP contribution in [0.3, 0.4) is 0 Å². The van der Waals surface area contributed by atoms with Crippen molar-refractivity contribution in [3.63, 3.8) is 0 Å². The third-order valence-electron chi connectivity index (χ3n) is 3.67. The van der Waals surface area contributed by atoms with Crippen LogP contribution in [0.2, 0.25) is 0 Å². The Morgan fingerprint density at radius 1 is 1.25 bits per heavy atom. The fourth-order valence-electron chi connectivity index (χ4n) is 2.26. The summed E-state index contributed by atoms with van der Waals surface area (Å²) in [5.41, 5.74) is 3.65. The number of guanidine groups is 1. The van der Waals surface area contributed by atoms with E-state index in [0.29, 0.717) is 13.1 Å². The van der Waals surface area contributed by atoms with Crippen molar-refractivity contribution in [3.8, 4) is 0 Å². The molecule has 0 atom stereocenters. The van der Waals surface area contributed by atoms with Gasteiger partial charge in [0.1, 0.15) is 5.01 Å². The van der Waals surface area contributed by atoms with Crippen molar-refractivity contribution in [1.29, 1.82) is 0 Å². The third kappa shape index (κ3) is 5.24. The summed E-state index contributed by atoms with van der Waals surface area (Å²) in [6.07, 6.45) is 2.11. The molecule has 0 aliphatic rings. The minimum atomic E-state index is 0.668. The van der Waals surface area contributed by atoms with Gasteiger partial charge in [-0.3, -0.25) is 0 Å². The Kier molecular flexibility index (Phi) is 7.12. The predicted octanol–water partition coefficient (Wildman–Crippen LogP) is 4.05. The van der Waals surface area contributed by atoms with E-state index in [1.807, 2.05) is 0 Å². The first-order valence-corrected chi connectivity index (χ1v) is 10.2. The molecule has 0 fully saturated rings. The molecule has 2 aromatic rings. The van der Waals surface area contributed by atoms with Crippen LogP contribution in [0.25, 0.3) is 0 Å². The molecule has 0 aliphatic carbocycles. The molecule has 0 bridgehead atoms. The monoisotopic (exact) mass is 362 g/mol. The van der Waals surface area contributed by atoms with Crippen LogP contribution in [0.15, 0.2) is 28.1 Å². The molecule has 0 radical (unpaired) electrons. The number of nitrogens with zero attached hydrogens (tertiary/aromatic N) is 2. The molecule has 1 aromatic heterocycles. The topological polar surface area (TPSA) is 49.3 Å². The molecule has 2 N–H and O–H groups in total. The van der Waals surface area contributed by atoms with E-state index in [4.69, 9.17) is 4.99 Å². The van der Waals surface area contributed by atoms with E-state index >= 15 is 0 Å². The van der Waals surface area contributed by atoms with Gasteiger partial charge in [-0.05, 0) is 51.1 Å². The summed E-state index contributed by atoms with van der Waals surface area (Å²) >= 11 is 3.51.